The van der Waals surface area contributed by atoms with Gasteiger partial charge >= 0.3 is 0 Å². The van der Waals surface area contributed by atoms with E-state index in [1.807, 2.05) is 44.2 Å². The minimum atomic E-state index is -0.200. The highest BCUT2D eigenvalue weighted by Gasteiger charge is 2.13. The molecule has 104 valence electrons. The third-order valence-corrected chi connectivity index (χ3v) is 3.21. The molecule has 20 heavy (non-hydrogen) atoms. The number of benzene rings is 2. The van der Waals surface area contributed by atoms with E-state index in [1.165, 1.54) is 0 Å². The molecule has 2 aromatic carbocycles. The number of hydrogen-bond acceptors (Lipinski definition) is 3. The Morgan fingerprint density at radius 1 is 1.15 bits per heavy atom. The molecule has 0 atom stereocenters. The number of nitrogen functional groups attached to an aromatic ring is 1. The number of rotatable bonds is 3. The number of amides is 1. The van der Waals surface area contributed by atoms with Crippen molar-refractivity contribution in [1.29, 1.82) is 0 Å². The molecular weight excluding hydrogens is 252 g/mol. The molecule has 0 radical (unpaired) electrons. The molecule has 3 N–H and O–H groups in total. The molecule has 0 saturated carbocycles. The molecule has 0 aromatic heterocycles. The fourth-order valence-electron chi connectivity index (χ4n) is 2.09. The molecule has 0 aliphatic rings. The SMILES string of the molecule is COc1ccc(NC(=O)c2c(C)cccc2N)c(C)c1. The molecule has 0 saturated heterocycles. The van der Waals surface area contributed by atoms with Crippen molar-refractivity contribution in [1.82, 2.24) is 0 Å². The maximum Gasteiger partial charge on any atom is 0.258 e. The summed E-state index contributed by atoms with van der Waals surface area (Å²) in [6, 6.07) is 10.9. The summed E-state index contributed by atoms with van der Waals surface area (Å²) in [5.41, 5.74) is 9.41. The largest absolute Gasteiger partial charge is 0.497 e. The van der Waals surface area contributed by atoms with E-state index >= 15 is 0 Å². The molecule has 0 fully saturated rings. The van der Waals surface area contributed by atoms with E-state index in [9.17, 15) is 4.79 Å². The van der Waals surface area contributed by atoms with Crippen molar-refractivity contribution >= 4 is 17.3 Å². The van der Waals surface area contributed by atoms with E-state index in [2.05, 4.69) is 5.32 Å². The third kappa shape index (κ3) is 2.74. The number of hydrogen-bond donors (Lipinski definition) is 2. The molecule has 0 heterocycles. The molecular formula is C16H18N2O2. The Bertz CT molecular complexity index is 631. The first-order valence-electron chi connectivity index (χ1n) is 6.34. The van der Waals surface area contributed by atoms with Crippen LogP contribution in [0.1, 0.15) is 21.5 Å². The zero-order valence-electron chi connectivity index (χ0n) is 11.9. The number of carbonyl (C=O) groups excluding carboxylic acids is 1. The Balaban J connectivity index is 2.28. The van der Waals surface area contributed by atoms with Crippen LogP contribution in [0.2, 0.25) is 0 Å². The summed E-state index contributed by atoms with van der Waals surface area (Å²) < 4.78 is 5.15. The molecule has 0 unspecified atom stereocenters. The summed E-state index contributed by atoms with van der Waals surface area (Å²) >= 11 is 0. The van der Waals surface area contributed by atoms with Gasteiger partial charge in [0.05, 0.1) is 12.7 Å². The molecule has 0 spiro atoms. The van der Waals surface area contributed by atoms with Crippen molar-refractivity contribution in [3.05, 3.63) is 53.1 Å². The first-order valence-corrected chi connectivity index (χ1v) is 6.34. The van der Waals surface area contributed by atoms with Crippen LogP contribution in [0.4, 0.5) is 11.4 Å². The second kappa shape index (κ2) is 5.65. The normalized spacial score (nSPS) is 10.2. The summed E-state index contributed by atoms with van der Waals surface area (Å²) in [6.45, 7) is 3.78. The highest BCUT2D eigenvalue weighted by atomic mass is 16.5. The summed E-state index contributed by atoms with van der Waals surface area (Å²) in [4.78, 5) is 12.3. The van der Waals surface area contributed by atoms with Gasteiger partial charge < -0.3 is 15.8 Å². The number of nitrogens with one attached hydrogen (secondary N) is 1. The first kappa shape index (κ1) is 13.9. The van der Waals surface area contributed by atoms with Gasteiger partial charge in [-0.2, -0.15) is 0 Å². The predicted octanol–water partition coefficient (Wildman–Crippen LogP) is 3.15. The number of anilines is 2. The van der Waals surface area contributed by atoms with E-state index in [0.29, 0.717) is 11.3 Å². The average molecular weight is 270 g/mol. The maximum atomic E-state index is 12.3. The maximum absolute atomic E-state index is 12.3. The molecule has 0 bridgehead atoms. The Hall–Kier alpha value is -2.49. The Morgan fingerprint density at radius 3 is 2.50 bits per heavy atom. The summed E-state index contributed by atoms with van der Waals surface area (Å²) in [5, 5.41) is 2.88. The topological polar surface area (TPSA) is 64.3 Å². The summed E-state index contributed by atoms with van der Waals surface area (Å²) in [7, 11) is 1.61. The van der Waals surface area contributed by atoms with Crippen LogP contribution in [0, 0.1) is 13.8 Å². The van der Waals surface area contributed by atoms with Crippen molar-refractivity contribution in [2.24, 2.45) is 0 Å². The van der Waals surface area contributed by atoms with Gasteiger partial charge in [0.15, 0.2) is 0 Å². The van der Waals surface area contributed by atoms with Crippen LogP contribution in [0.3, 0.4) is 0 Å². The van der Waals surface area contributed by atoms with Crippen LogP contribution in [0.5, 0.6) is 5.75 Å². The van der Waals surface area contributed by atoms with Gasteiger partial charge in [-0.1, -0.05) is 12.1 Å². The quantitative estimate of drug-likeness (QED) is 0.842. The fraction of sp³-hybridized carbons (Fsp3) is 0.188. The van der Waals surface area contributed by atoms with Crippen LogP contribution >= 0.6 is 0 Å². The van der Waals surface area contributed by atoms with Gasteiger partial charge in [0, 0.05) is 11.4 Å². The smallest absolute Gasteiger partial charge is 0.258 e. The van der Waals surface area contributed by atoms with Gasteiger partial charge in [0.2, 0.25) is 0 Å². The van der Waals surface area contributed by atoms with E-state index in [0.717, 1.165) is 22.6 Å². The molecule has 2 aromatic rings. The predicted molar refractivity (Wildman–Crippen MR) is 81.3 cm³/mol. The second-order valence-electron chi connectivity index (χ2n) is 4.67. The van der Waals surface area contributed by atoms with Gasteiger partial charge in [-0.25, -0.2) is 0 Å². The number of methoxy groups -OCH3 is 1. The van der Waals surface area contributed by atoms with Gasteiger partial charge in [-0.3, -0.25) is 4.79 Å². The molecule has 1 amide bonds. The average Bonchev–Trinajstić information content (AvgIpc) is 2.41. The van der Waals surface area contributed by atoms with Crippen molar-refractivity contribution in [3.63, 3.8) is 0 Å². The van der Waals surface area contributed by atoms with Gasteiger partial charge in [-0.15, -0.1) is 0 Å². The van der Waals surface area contributed by atoms with E-state index in [4.69, 9.17) is 10.5 Å². The molecule has 4 heteroatoms. The van der Waals surface area contributed by atoms with Crippen molar-refractivity contribution in [3.8, 4) is 5.75 Å². The molecule has 0 aliphatic carbocycles. The fourth-order valence-corrected chi connectivity index (χ4v) is 2.09. The van der Waals surface area contributed by atoms with Crippen LogP contribution in [-0.2, 0) is 0 Å². The van der Waals surface area contributed by atoms with Crippen molar-refractivity contribution < 1.29 is 9.53 Å². The van der Waals surface area contributed by atoms with Crippen LogP contribution in [0.25, 0.3) is 0 Å². The molecule has 4 nitrogen and oxygen atoms in total. The lowest BCUT2D eigenvalue weighted by atomic mass is 10.1. The number of nitrogens with two attached hydrogens (primary N) is 1. The Kier molecular flexibility index (Phi) is 3.94. The van der Waals surface area contributed by atoms with E-state index < -0.39 is 0 Å². The third-order valence-electron chi connectivity index (χ3n) is 3.21. The first-order chi connectivity index (χ1) is 9.52. The lowest BCUT2D eigenvalue weighted by molar-refractivity contribution is 0.102. The van der Waals surface area contributed by atoms with E-state index in [-0.39, 0.29) is 5.91 Å². The second-order valence-corrected chi connectivity index (χ2v) is 4.67. The highest BCUT2D eigenvalue weighted by molar-refractivity contribution is 6.09. The zero-order valence-corrected chi connectivity index (χ0v) is 11.9. The summed E-state index contributed by atoms with van der Waals surface area (Å²) in [6.07, 6.45) is 0. The Labute approximate surface area is 118 Å². The van der Waals surface area contributed by atoms with Crippen LogP contribution < -0.4 is 15.8 Å². The minimum Gasteiger partial charge on any atom is -0.497 e. The number of ether oxygens (including phenoxy) is 1. The number of carbonyl (C=O) groups is 1. The van der Waals surface area contributed by atoms with Gasteiger partial charge in [0.25, 0.3) is 5.91 Å². The molecule has 0 aliphatic heterocycles. The van der Waals surface area contributed by atoms with Gasteiger partial charge in [-0.05, 0) is 49.2 Å². The standard InChI is InChI=1S/C16H18N2O2/c1-10-5-4-6-13(17)15(10)16(19)18-14-8-7-12(20-3)9-11(14)2/h4-9H,17H2,1-3H3,(H,18,19). The highest BCUT2D eigenvalue weighted by Crippen LogP contribution is 2.23. The molecule has 2 rings (SSSR count). The van der Waals surface area contributed by atoms with Crippen molar-refractivity contribution in [2.75, 3.05) is 18.2 Å². The van der Waals surface area contributed by atoms with Gasteiger partial charge in [0.1, 0.15) is 5.75 Å². The van der Waals surface area contributed by atoms with Crippen molar-refractivity contribution in [2.45, 2.75) is 13.8 Å². The summed E-state index contributed by atoms with van der Waals surface area (Å²) in [5.74, 6) is 0.560. The van der Waals surface area contributed by atoms with Crippen LogP contribution in [0.15, 0.2) is 36.4 Å². The zero-order chi connectivity index (χ0) is 14.7. The lowest BCUT2D eigenvalue weighted by Crippen LogP contribution is -2.16. The minimum absolute atomic E-state index is 0.200. The van der Waals surface area contributed by atoms with E-state index in [1.54, 1.807) is 13.2 Å². The lowest BCUT2D eigenvalue weighted by Gasteiger charge is -2.12. The monoisotopic (exact) mass is 270 g/mol. The van der Waals surface area contributed by atoms with Crippen LogP contribution in [-0.4, -0.2) is 13.0 Å². The number of aryl methyl sites for hydroxylation is 2. The Morgan fingerprint density at radius 2 is 1.90 bits per heavy atom.